The molecular formula is C14H29NO3. The van der Waals surface area contributed by atoms with Crippen LogP contribution in [0.5, 0.6) is 0 Å². The lowest BCUT2D eigenvalue weighted by Gasteiger charge is -2.31. The zero-order chi connectivity index (χ0) is 14.0. The first kappa shape index (κ1) is 17.4. The van der Waals surface area contributed by atoms with Crippen molar-refractivity contribution in [2.75, 3.05) is 19.7 Å². The lowest BCUT2D eigenvalue weighted by molar-refractivity contribution is -0.142. The van der Waals surface area contributed by atoms with Crippen LogP contribution in [-0.2, 0) is 4.79 Å². The van der Waals surface area contributed by atoms with Crippen LogP contribution >= 0.6 is 0 Å². The van der Waals surface area contributed by atoms with Gasteiger partial charge in [-0.25, -0.2) is 0 Å². The molecule has 0 aromatic rings. The Morgan fingerprint density at radius 2 is 1.89 bits per heavy atom. The van der Waals surface area contributed by atoms with Gasteiger partial charge in [-0.3, -0.25) is 9.69 Å². The Morgan fingerprint density at radius 1 is 1.22 bits per heavy atom. The van der Waals surface area contributed by atoms with Gasteiger partial charge in [-0.05, 0) is 19.4 Å². The summed E-state index contributed by atoms with van der Waals surface area (Å²) in [7, 11) is 0. The SMILES string of the molecule is CCCCCCN(CC(C)C(=O)O)C(CC)CO. The number of carbonyl (C=O) groups is 1. The molecule has 0 aromatic carbocycles. The summed E-state index contributed by atoms with van der Waals surface area (Å²) in [5.74, 6) is -1.14. The fourth-order valence-electron chi connectivity index (χ4n) is 2.10. The number of nitrogens with zero attached hydrogens (tertiary/aromatic N) is 1. The molecule has 0 amide bonds. The molecule has 0 aliphatic rings. The predicted molar refractivity (Wildman–Crippen MR) is 73.7 cm³/mol. The van der Waals surface area contributed by atoms with Crippen molar-refractivity contribution >= 4 is 5.97 Å². The molecule has 0 rings (SSSR count). The molecule has 0 fully saturated rings. The van der Waals surface area contributed by atoms with Crippen molar-refractivity contribution in [1.29, 1.82) is 0 Å². The van der Waals surface area contributed by atoms with Crippen LogP contribution in [0.2, 0.25) is 0 Å². The van der Waals surface area contributed by atoms with Crippen LogP contribution in [-0.4, -0.2) is 46.8 Å². The molecule has 4 nitrogen and oxygen atoms in total. The smallest absolute Gasteiger partial charge is 0.307 e. The first-order chi connectivity index (χ1) is 8.56. The molecule has 18 heavy (non-hydrogen) atoms. The van der Waals surface area contributed by atoms with Crippen molar-refractivity contribution < 1.29 is 15.0 Å². The molecule has 2 unspecified atom stereocenters. The normalized spacial score (nSPS) is 14.7. The third kappa shape index (κ3) is 6.97. The summed E-state index contributed by atoms with van der Waals surface area (Å²) in [6, 6.07) is 0.0911. The molecule has 0 aromatic heterocycles. The summed E-state index contributed by atoms with van der Waals surface area (Å²) in [5.41, 5.74) is 0. The van der Waals surface area contributed by atoms with Gasteiger partial charge in [-0.15, -0.1) is 0 Å². The van der Waals surface area contributed by atoms with Crippen molar-refractivity contribution in [3.63, 3.8) is 0 Å². The second kappa shape index (κ2) is 10.3. The van der Waals surface area contributed by atoms with Crippen molar-refractivity contribution in [2.24, 2.45) is 5.92 Å². The van der Waals surface area contributed by atoms with Gasteiger partial charge in [0, 0.05) is 12.6 Å². The standard InChI is InChI=1S/C14H29NO3/c1-4-6-7-8-9-15(13(5-2)11-16)10-12(3)14(17)18/h12-13,16H,4-11H2,1-3H3,(H,17,18). The maximum Gasteiger partial charge on any atom is 0.307 e. The van der Waals surface area contributed by atoms with E-state index < -0.39 is 5.97 Å². The third-order valence-corrected chi connectivity index (χ3v) is 3.43. The number of unbranched alkanes of at least 4 members (excludes halogenated alkanes) is 3. The minimum absolute atomic E-state index is 0.0911. The van der Waals surface area contributed by atoms with E-state index in [9.17, 15) is 9.90 Å². The molecule has 0 aliphatic carbocycles. The van der Waals surface area contributed by atoms with Crippen molar-refractivity contribution in [2.45, 2.75) is 58.9 Å². The maximum absolute atomic E-state index is 10.9. The van der Waals surface area contributed by atoms with Crippen LogP contribution in [0.15, 0.2) is 0 Å². The quantitative estimate of drug-likeness (QED) is 0.559. The second-order valence-electron chi connectivity index (χ2n) is 5.04. The predicted octanol–water partition coefficient (Wildman–Crippen LogP) is 2.36. The van der Waals surface area contributed by atoms with Crippen molar-refractivity contribution in [3.05, 3.63) is 0 Å². The van der Waals surface area contributed by atoms with Gasteiger partial charge in [0.2, 0.25) is 0 Å². The van der Waals surface area contributed by atoms with Gasteiger partial charge in [-0.2, -0.15) is 0 Å². The van der Waals surface area contributed by atoms with E-state index in [2.05, 4.69) is 11.8 Å². The van der Waals surface area contributed by atoms with Crippen molar-refractivity contribution in [3.8, 4) is 0 Å². The Kier molecular flexibility index (Phi) is 9.98. The average molecular weight is 259 g/mol. The number of hydrogen-bond donors (Lipinski definition) is 2. The van der Waals surface area contributed by atoms with Crippen LogP contribution in [0.1, 0.15) is 52.9 Å². The first-order valence-corrected chi connectivity index (χ1v) is 7.14. The summed E-state index contributed by atoms with van der Waals surface area (Å²) < 4.78 is 0. The van der Waals surface area contributed by atoms with Gasteiger partial charge in [0.05, 0.1) is 12.5 Å². The van der Waals surface area contributed by atoms with Crippen LogP contribution in [0.25, 0.3) is 0 Å². The van der Waals surface area contributed by atoms with Gasteiger partial charge >= 0.3 is 5.97 Å². The Labute approximate surface area is 111 Å². The number of carboxylic acids is 1. The maximum atomic E-state index is 10.9. The van der Waals surface area contributed by atoms with Crippen LogP contribution < -0.4 is 0 Å². The van der Waals surface area contributed by atoms with E-state index in [1.807, 2.05) is 6.92 Å². The number of carboxylic acid groups (broad SMARTS) is 1. The minimum atomic E-state index is -0.763. The van der Waals surface area contributed by atoms with E-state index >= 15 is 0 Å². The van der Waals surface area contributed by atoms with E-state index in [1.54, 1.807) is 6.92 Å². The van der Waals surface area contributed by atoms with Crippen LogP contribution in [0.3, 0.4) is 0 Å². The summed E-state index contributed by atoms with van der Waals surface area (Å²) in [6.07, 6.45) is 5.53. The van der Waals surface area contributed by atoms with Gasteiger partial charge < -0.3 is 10.2 Å². The zero-order valence-corrected chi connectivity index (χ0v) is 12.1. The number of aliphatic carboxylic acids is 1. The molecule has 0 saturated carbocycles. The Morgan fingerprint density at radius 3 is 2.33 bits per heavy atom. The highest BCUT2D eigenvalue weighted by atomic mass is 16.4. The van der Waals surface area contributed by atoms with Crippen molar-refractivity contribution in [1.82, 2.24) is 4.90 Å². The van der Waals surface area contributed by atoms with E-state index in [0.29, 0.717) is 6.54 Å². The highest BCUT2D eigenvalue weighted by molar-refractivity contribution is 5.69. The molecule has 0 heterocycles. The number of aliphatic hydroxyl groups excluding tert-OH is 1. The van der Waals surface area contributed by atoms with E-state index in [4.69, 9.17) is 5.11 Å². The summed E-state index contributed by atoms with van der Waals surface area (Å²) >= 11 is 0. The highest BCUT2D eigenvalue weighted by Gasteiger charge is 2.21. The Hall–Kier alpha value is -0.610. The van der Waals surface area contributed by atoms with Gasteiger partial charge in [0.15, 0.2) is 0 Å². The largest absolute Gasteiger partial charge is 0.481 e. The topological polar surface area (TPSA) is 60.8 Å². The van der Waals surface area contributed by atoms with Crippen LogP contribution in [0, 0.1) is 5.92 Å². The summed E-state index contributed by atoms with van der Waals surface area (Å²) in [6.45, 7) is 7.46. The summed E-state index contributed by atoms with van der Waals surface area (Å²) in [5, 5.41) is 18.3. The number of rotatable bonds is 11. The molecule has 108 valence electrons. The third-order valence-electron chi connectivity index (χ3n) is 3.43. The minimum Gasteiger partial charge on any atom is -0.481 e. The molecule has 4 heteroatoms. The zero-order valence-electron chi connectivity index (χ0n) is 12.1. The lowest BCUT2D eigenvalue weighted by Crippen LogP contribution is -2.42. The molecule has 0 aliphatic heterocycles. The lowest BCUT2D eigenvalue weighted by atomic mass is 10.1. The van der Waals surface area contributed by atoms with Gasteiger partial charge in [0.25, 0.3) is 0 Å². The average Bonchev–Trinajstić information content (AvgIpc) is 2.35. The second-order valence-corrected chi connectivity index (χ2v) is 5.04. The molecule has 0 radical (unpaired) electrons. The molecule has 0 spiro atoms. The molecule has 2 atom stereocenters. The molecule has 0 bridgehead atoms. The fourth-order valence-corrected chi connectivity index (χ4v) is 2.10. The van der Waals surface area contributed by atoms with E-state index in [1.165, 1.54) is 19.3 Å². The van der Waals surface area contributed by atoms with Gasteiger partial charge in [-0.1, -0.05) is 40.0 Å². The Bertz CT molecular complexity index is 217. The molecule has 0 saturated heterocycles. The summed E-state index contributed by atoms with van der Waals surface area (Å²) in [4.78, 5) is 13.1. The molecular weight excluding hydrogens is 230 g/mol. The highest BCUT2D eigenvalue weighted by Crippen LogP contribution is 2.11. The van der Waals surface area contributed by atoms with E-state index in [-0.39, 0.29) is 18.6 Å². The monoisotopic (exact) mass is 259 g/mol. The van der Waals surface area contributed by atoms with Gasteiger partial charge in [0.1, 0.15) is 0 Å². The van der Waals surface area contributed by atoms with Crippen LogP contribution in [0.4, 0.5) is 0 Å². The molecule has 2 N–H and O–H groups in total. The first-order valence-electron chi connectivity index (χ1n) is 7.14. The Balaban J connectivity index is 4.27. The number of aliphatic hydroxyl groups is 1. The van der Waals surface area contributed by atoms with E-state index in [0.717, 1.165) is 19.4 Å². The fraction of sp³-hybridized carbons (Fsp3) is 0.929. The number of hydrogen-bond acceptors (Lipinski definition) is 3.